The molecular formula is C18H17N5O5. The van der Waals surface area contributed by atoms with E-state index in [9.17, 15) is 14.4 Å². The van der Waals surface area contributed by atoms with Crippen molar-refractivity contribution in [2.45, 2.75) is 6.92 Å². The van der Waals surface area contributed by atoms with E-state index in [2.05, 4.69) is 20.4 Å². The number of fused-ring (bicyclic) bond motifs is 1. The number of hydrogen-bond acceptors (Lipinski definition) is 6. The van der Waals surface area contributed by atoms with E-state index in [1.807, 2.05) is 0 Å². The summed E-state index contributed by atoms with van der Waals surface area (Å²) in [5.74, 6) is 1.17. The van der Waals surface area contributed by atoms with Crippen LogP contribution in [0.25, 0.3) is 10.9 Å². The number of pyridine rings is 1. The van der Waals surface area contributed by atoms with Gasteiger partial charge in [0.15, 0.2) is 0 Å². The number of urea groups is 1. The molecule has 0 saturated carbocycles. The quantitative estimate of drug-likeness (QED) is 0.592. The summed E-state index contributed by atoms with van der Waals surface area (Å²) in [7, 11) is 0. The van der Waals surface area contributed by atoms with E-state index >= 15 is 0 Å². The summed E-state index contributed by atoms with van der Waals surface area (Å²) in [5.41, 5.74) is 5.35. The Bertz CT molecular complexity index is 1050. The van der Waals surface area contributed by atoms with Gasteiger partial charge in [0.1, 0.15) is 17.3 Å². The summed E-state index contributed by atoms with van der Waals surface area (Å²) in [6, 6.07) is 9.54. The first kappa shape index (κ1) is 18.7. The zero-order valence-corrected chi connectivity index (χ0v) is 14.8. The Labute approximate surface area is 159 Å². The highest BCUT2D eigenvalue weighted by atomic mass is 16.6. The van der Waals surface area contributed by atoms with Crippen LogP contribution >= 0.6 is 0 Å². The number of hydrogen-bond donors (Lipinski definition) is 3. The van der Waals surface area contributed by atoms with E-state index in [4.69, 9.17) is 10.5 Å². The number of ether oxygens (including phenoxy) is 2. The summed E-state index contributed by atoms with van der Waals surface area (Å²) in [4.78, 5) is 38.4. The van der Waals surface area contributed by atoms with Gasteiger partial charge in [0.25, 0.3) is 0 Å². The van der Waals surface area contributed by atoms with E-state index in [0.717, 1.165) is 9.95 Å². The van der Waals surface area contributed by atoms with Gasteiger partial charge in [-0.3, -0.25) is 9.88 Å². The molecular weight excluding hydrogens is 366 g/mol. The molecule has 2 aromatic heterocycles. The third kappa shape index (κ3) is 4.36. The SMILES string of the molecule is CCNC(=O)Nc1cc(Oc2ccc3ccn(C(=O)OC(N)=O)c3c2)ccn1. The second kappa shape index (κ2) is 8.08. The molecule has 144 valence electrons. The van der Waals surface area contributed by atoms with Gasteiger partial charge in [0.2, 0.25) is 0 Å². The Morgan fingerprint density at radius 1 is 1.14 bits per heavy atom. The zero-order chi connectivity index (χ0) is 20.1. The van der Waals surface area contributed by atoms with Gasteiger partial charge >= 0.3 is 18.2 Å². The van der Waals surface area contributed by atoms with Crippen LogP contribution in [0.1, 0.15) is 6.92 Å². The second-order valence-corrected chi connectivity index (χ2v) is 5.56. The number of anilines is 1. The van der Waals surface area contributed by atoms with Crippen LogP contribution in [0.5, 0.6) is 11.5 Å². The van der Waals surface area contributed by atoms with Gasteiger partial charge < -0.3 is 20.5 Å². The van der Waals surface area contributed by atoms with Crippen molar-refractivity contribution in [3.05, 3.63) is 48.8 Å². The number of benzene rings is 1. The number of nitrogens with one attached hydrogen (secondary N) is 2. The molecule has 0 fully saturated rings. The van der Waals surface area contributed by atoms with Crippen LogP contribution in [0.2, 0.25) is 0 Å². The van der Waals surface area contributed by atoms with Gasteiger partial charge in [-0.1, -0.05) is 0 Å². The number of primary amides is 1. The van der Waals surface area contributed by atoms with Gasteiger partial charge in [0.05, 0.1) is 5.52 Å². The normalized spacial score (nSPS) is 10.3. The molecule has 3 aromatic rings. The maximum atomic E-state index is 11.9. The Morgan fingerprint density at radius 3 is 2.68 bits per heavy atom. The maximum Gasteiger partial charge on any atom is 0.427 e. The average molecular weight is 383 g/mol. The van der Waals surface area contributed by atoms with Crippen molar-refractivity contribution in [1.82, 2.24) is 14.9 Å². The summed E-state index contributed by atoms with van der Waals surface area (Å²) in [6.45, 7) is 2.29. The van der Waals surface area contributed by atoms with Crippen LogP contribution in [0.3, 0.4) is 0 Å². The molecule has 0 aliphatic rings. The Hall–Kier alpha value is -4.08. The zero-order valence-electron chi connectivity index (χ0n) is 14.8. The van der Waals surface area contributed by atoms with Crippen molar-refractivity contribution in [1.29, 1.82) is 0 Å². The lowest BCUT2D eigenvalue weighted by atomic mass is 10.2. The third-order valence-corrected chi connectivity index (χ3v) is 3.60. The Balaban J connectivity index is 1.82. The number of amides is 3. The number of nitrogens with two attached hydrogens (primary N) is 1. The maximum absolute atomic E-state index is 11.9. The molecule has 10 heteroatoms. The lowest BCUT2D eigenvalue weighted by Crippen LogP contribution is -2.28. The van der Waals surface area contributed by atoms with Crippen LogP contribution < -0.4 is 21.1 Å². The van der Waals surface area contributed by atoms with Gasteiger partial charge in [-0.25, -0.2) is 19.4 Å². The summed E-state index contributed by atoms with van der Waals surface area (Å²) in [5, 5.41) is 5.92. The van der Waals surface area contributed by atoms with E-state index in [-0.39, 0.29) is 6.03 Å². The highest BCUT2D eigenvalue weighted by Gasteiger charge is 2.13. The molecule has 0 spiro atoms. The topological polar surface area (TPSA) is 138 Å². The van der Waals surface area contributed by atoms with Crippen LogP contribution in [-0.4, -0.2) is 34.3 Å². The largest absolute Gasteiger partial charge is 0.457 e. The first-order chi connectivity index (χ1) is 13.5. The van der Waals surface area contributed by atoms with E-state index in [1.54, 1.807) is 43.3 Å². The predicted octanol–water partition coefficient (Wildman–Crippen LogP) is 3.03. The molecule has 10 nitrogen and oxygen atoms in total. The molecule has 0 unspecified atom stereocenters. The second-order valence-electron chi connectivity index (χ2n) is 5.56. The minimum atomic E-state index is -1.19. The Morgan fingerprint density at radius 2 is 1.93 bits per heavy atom. The molecule has 0 aliphatic heterocycles. The minimum absolute atomic E-state index is 0.318. The van der Waals surface area contributed by atoms with Crippen molar-refractivity contribution in [2.75, 3.05) is 11.9 Å². The fourth-order valence-corrected chi connectivity index (χ4v) is 2.47. The van der Waals surface area contributed by atoms with Crippen molar-refractivity contribution < 1.29 is 23.9 Å². The van der Waals surface area contributed by atoms with Gasteiger partial charge in [-0.2, -0.15) is 0 Å². The van der Waals surface area contributed by atoms with Crippen molar-refractivity contribution in [2.24, 2.45) is 5.73 Å². The standard InChI is InChI=1S/C18H17N5O5/c1-2-20-17(25)22-15-10-13(5-7-21-15)27-12-4-3-11-6-8-23(14(11)9-12)18(26)28-16(19)24/h3-10H,2H2,1H3,(H2,19,24)(H2,20,21,22,25). The van der Waals surface area contributed by atoms with Crippen LogP contribution in [0.15, 0.2) is 48.8 Å². The van der Waals surface area contributed by atoms with Crippen LogP contribution in [-0.2, 0) is 4.74 Å². The molecule has 3 rings (SSSR count). The van der Waals surface area contributed by atoms with Gasteiger partial charge in [-0.15, -0.1) is 0 Å². The fraction of sp³-hybridized carbons (Fsp3) is 0.111. The van der Waals surface area contributed by atoms with Gasteiger partial charge in [0, 0.05) is 36.5 Å². The minimum Gasteiger partial charge on any atom is -0.457 e. The summed E-state index contributed by atoms with van der Waals surface area (Å²) >= 11 is 0. The van der Waals surface area contributed by atoms with E-state index in [0.29, 0.717) is 29.4 Å². The predicted molar refractivity (Wildman–Crippen MR) is 100 cm³/mol. The molecule has 28 heavy (non-hydrogen) atoms. The third-order valence-electron chi connectivity index (χ3n) is 3.60. The number of carbonyl (C=O) groups is 3. The number of carbonyl (C=O) groups excluding carboxylic acids is 3. The smallest absolute Gasteiger partial charge is 0.427 e. The first-order valence-electron chi connectivity index (χ1n) is 8.27. The van der Waals surface area contributed by atoms with Crippen molar-refractivity contribution in [3.63, 3.8) is 0 Å². The Kier molecular flexibility index (Phi) is 5.40. The summed E-state index contributed by atoms with van der Waals surface area (Å²) in [6.07, 6.45) is 0.836. The van der Waals surface area contributed by atoms with Gasteiger partial charge in [-0.05, 0) is 31.2 Å². The van der Waals surface area contributed by atoms with E-state index in [1.165, 1.54) is 12.4 Å². The molecule has 0 saturated heterocycles. The number of rotatable bonds is 4. The fourth-order valence-electron chi connectivity index (χ4n) is 2.47. The number of nitrogens with zero attached hydrogens (tertiary/aromatic N) is 2. The first-order valence-corrected chi connectivity index (χ1v) is 8.27. The monoisotopic (exact) mass is 383 g/mol. The lowest BCUT2D eigenvalue weighted by molar-refractivity contribution is 0.159. The average Bonchev–Trinajstić information content (AvgIpc) is 3.05. The molecule has 2 heterocycles. The summed E-state index contributed by atoms with van der Waals surface area (Å²) < 4.78 is 11.3. The van der Waals surface area contributed by atoms with E-state index < -0.39 is 12.2 Å². The molecule has 4 N–H and O–H groups in total. The molecule has 0 bridgehead atoms. The highest BCUT2D eigenvalue weighted by Crippen LogP contribution is 2.27. The lowest BCUT2D eigenvalue weighted by Gasteiger charge is -2.09. The molecule has 3 amide bonds. The van der Waals surface area contributed by atoms with Crippen molar-refractivity contribution >= 4 is 34.9 Å². The number of aromatic nitrogens is 2. The highest BCUT2D eigenvalue weighted by molar-refractivity contribution is 5.93. The van der Waals surface area contributed by atoms with Crippen LogP contribution in [0, 0.1) is 0 Å². The van der Waals surface area contributed by atoms with Crippen molar-refractivity contribution in [3.8, 4) is 11.5 Å². The van der Waals surface area contributed by atoms with Crippen LogP contribution in [0.4, 0.5) is 20.2 Å². The molecule has 1 aromatic carbocycles. The molecule has 0 aliphatic carbocycles. The molecule has 0 atom stereocenters. The molecule has 0 radical (unpaired) electrons.